The van der Waals surface area contributed by atoms with Crippen molar-refractivity contribution in [3.8, 4) is 0 Å². The molecule has 0 saturated carbocycles. The number of nitrogens with one attached hydrogen (secondary N) is 2. The molecule has 1 fully saturated rings. The third-order valence-corrected chi connectivity index (χ3v) is 6.27. The first-order chi connectivity index (χ1) is 15.8. The summed E-state index contributed by atoms with van der Waals surface area (Å²) >= 11 is 0. The highest BCUT2D eigenvalue weighted by atomic mass is 19.1. The lowest BCUT2D eigenvalue weighted by molar-refractivity contribution is -0.125. The fourth-order valence-electron chi connectivity index (χ4n) is 3.97. The summed E-state index contributed by atoms with van der Waals surface area (Å²) in [6, 6.07) is 12.0. The molecule has 6 nitrogen and oxygen atoms in total. The van der Waals surface area contributed by atoms with Gasteiger partial charge in [0.1, 0.15) is 11.9 Å². The van der Waals surface area contributed by atoms with E-state index < -0.39 is 6.04 Å². The van der Waals surface area contributed by atoms with Crippen LogP contribution < -0.4 is 10.6 Å². The second kappa shape index (κ2) is 11.1. The molecule has 176 valence electrons. The molecule has 3 rings (SSSR count). The number of hydrogen-bond acceptors (Lipinski definition) is 3. The van der Waals surface area contributed by atoms with E-state index in [-0.39, 0.29) is 35.5 Å². The molecule has 7 heteroatoms. The molecule has 0 radical (unpaired) electrons. The number of hydrogen-bond donors (Lipinski definition) is 2. The SMILES string of the molecule is CC[C@H](C)NC(=O)[C@H](NC(=O)c1ccc(C)cc1)C1CCN(C(=O)c2ccc(F)cc2)CC1. The summed E-state index contributed by atoms with van der Waals surface area (Å²) in [6.07, 6.45) is 1.95. The van der Waals surface area contributed by atoms with E-state index in [4.69, 9.17) is 0 Å². The lowest BCUT2D eigenvalue weighted by Crippen LogP contribution is -2.55. The van der Waals surface area contributed by atoms with E-state index in [0.29, 0.717) is 37.1 Å². The van der Waals surface area contributed by atoms with Crippen LogP contribution in [0.4, 0.5) is 4.39 Å². The van der Waals surface area contributed by atoms with Crippen molar-refractivity contribution >= 4 is 17.7 Å². The molecule has 0 aliphatic carbocycles. The lowest BCUT2D eigenvalue weighted by atomic mass is 9.88. The summed E-state index contributed by atoms with van der Waals surface area (Å²) in [4.78, 5) is 40.4. The van der Waals surface area contributed by atoms with Gasteiger partial charge in [0.25, 0.3) is 11.8 Å². The predicted octanol–water partition coefficient (Wildman–Crippen LogP) is 3.70. The molecule has 33 heavy (non-hydrogen) atoms. The molecule has 0 unspecified atom stereocenters. The quantitative estimate of drug-likeness (QED) is 0.671. The van der Waals surface area contributed by atoms with Gasteiger partial charge in [-0.05, 0) is 75.4 Å². The van der Waals surface area contributed by atoms with Gasteiger partial charge in [0, 0.05) is 30.3 Å². The number of aryl methyl sites for hydroxylation is 1. The fourth-order valence-corrected chi connectivity index (χ4v) is 3.97. The highest BCUT2D eigenvalue weighted by Crippen LogP contribution is 2.23. The standard InChI is InChI=1S/C26H32FN3O3/c1-4-18(3)28-25(32)23(29-24(31)20-7-5-17(2)6-8-20)19-13-15-30(16-14-19)26(33)21-9-11-22(27)12-10-21/h5-12,18-19,23H,4,13-16H2,1-3H3,(H,28,32)(H,29,31)/t18-,23+/m0/s1. The number of rotatable bonds is 7. The van der Waals surface area contributed by atoms with Gasteiger partial charge < -0.3 is 15.5 Å². The van der Waals surface area contributed by atoms with Crippen LogP contribution in [-0.2, 0) is 4.79 Å². The van der Waals surface area contributed by atoms with Gasteiger partial charge in [-0.3, -0.25) is 14.4 Å². The molecule has 1 saturated heterocycles. The maximum Gasteiger partial charge on any atom is 0.253 e. The Labute approximate surface area is 194 Å². The zero-order valence-corrected chi connectivity index (χ0v) is 19.4. The number of carbonyl (C=O) groups is 3. The second-order valence-corrected chi connectivity index (χ2v) is 8.77. The van der Waals surface area contributed by atoms with Crippen molar-refractivity contribution < 1.29 is 18.8 Å². The summed E-state index contributed by atoms with van der Waals surface area (Å²) in [5, 5.41) is 5.93. The van der Waals surface area contributed by atoms with Gasteiger partial charge in [0.15, 0.2) is 0 Å². The first-order valence-corrected chi connectivity index (χ1v) is 11.5. The van der Waals surface area contributed by atoms with Crippen molar-refractivity contribution in [2.45, 2.75) is 52.1 Å². The Bertz CT molecular complexity index is 967. The summed E-state index contributed by atoms with van der Waals surface area (Å²) in [5.41, 5.74) is 2.00. The minimum atomic E-state index is -0.684. The topological polar surface area (TPSA) is 78.5 Å². The number of piperidine rings is 1. The molecule has 0 spiro atoms. The molecule has 0 bridgehead atoms. The van der Waals surface area contributed by atoms with Crippen LogP contribution in [0.25, 0.3) is 0 Å². The normalized spacial score (nSPS) is 16.1. The van der Waals surface area contributed by atoms with Crippen LogP contribution in [0.3, 0.4) is 0 Å². The Hall–Kier alpha value is -3.22. The van der Waals surface area contributed by atoms with Gasteiger partial charge in [-0.2, -0.15) is 0 Å². The zero-order valence-electron chi connectivity index (χ0n) is 19.4. The molecule has 1 aliphatic rings. The second-order valence-electron chi connectivity index (χ2n) is 8.77. The molecule has 2 N–H and O–H groups in total. The smallest absolute Gasteiger partial charge is 0.253 e. The van der Waals surface area contributed by atoms with Crippen LogP contribution in [0.1, 0.15) is 59.4 Å². The van der Waals surface area contributed by atoms with Crippen LogP contribution in [0.15, 0.2) is 48.5 Å². The van der Waals surface area contributed by atoms with Gasteiger partial charge in [0.2, 0.25) is 5.91 Å². The first-order valence-electron chi connectivity index (χ1n) is 11.5. The number of amides is 3. The number of benzene rings is 2. The molecular weight excluding hydrogens is 421 g/mol. The lowest BCUT2D eigenvalue weighted by Gasteiger charge is -2.36. The summed E-state index contributed by atoms with van der Waals surface area (Å²) in [5.74, 6) is -1.12. The van der Waals surface area contributed by atoms with E-state index in [1.165, 1.54) is 24.3 Å². The zero-order chi connectivity index (χ0) is 24.0. The largest absolute Gasteiger partial charge is 0.352 e. The molecule has 1 heterocycles. The van der Waals surface area contributed by atoms with E-state index in [0.717, 1.165) is 12.0 Å². The van der Waals surface area contributed by atoms with E-state index in [9.17, 15) is 18.8 Å². The predicted molar refractivity (Wildman–Crippen MR) is 125 cm³/mol. The van der Waals surface area contributed by atoms with Crippen molar-refractivity contribution in [1.82, 2.24) is 15.5 Å². The van der Waals surface area contributed by atoms with Gasteiger partial charge in [-0.15, -0.1) is 0 Å². The summed E-state index contributed by atoms with van der Waals surface area (Å²) in [6.45, 7) is 6.80. The van der Waals surface area contributed by atoms with Crippen LogP contribution in [-0.4, -0.2) is 47.8 Å². The van der Waals surface area contributed by atoms with Crippen LogP contribution in [0, 0.1) is 18.7 Å². The maximum absolute atomic E-state index is 13.2. The molecule has 3 amide bonds. The number of halogens is 1. The molecule has 2 atom stereocenters. The minimum absolute atomic E-state index is 0.00331. The highest BCUT2D eigenvalue weighted by molar-refractivity contribution is 5.98. The van der Waals surface area contributed by atoms with E-state index in [1.54, 1.807) is 17.0 Å². The number of carbonyl (C=O) groups excluding carboxylic acids is 3. The van der Waals surface area contributed by atoms with E-state index in [1.807, 2.05) is 32.9 Å². The van der Waals surface area contributed by atoms with Crippen LogP contribution in [0.5, 0.6) is 0 Å². The Morgan fingerprint density at radius 2 is 1.55 bits per heavy atom. The monoisotopic (exact) mass is 453 g/mol. The Balaban J connectivity index is 1.69. The Kier molecular flexibility index (Phi) is 8.20. The van der Waals surface area contributed by atoms with Crippen molar-refractivity contribution in [3.05, 3.63) is 71.0 Å². The average Bonchev–Trinajstić information content (AvgIpc) is 2.82. The Morgan fingerprint density at radius 3 is 2.12 bits per heavy atom. The molecule has 2 aromatic rings. The highest BCUT2D eigenvalue weighted by Gasteiger charge is 2.34. The fraction of sp³-hybridized carbons (Fsp3) is 0.423. The van der Waals surface area contributed by atoms with E-state index >= 15 is 0 Å². The van der Waals surface area contributed by atoms with Gasteiger partial charge >= 0.3 is 0 Å². The number of nitrogens with zero attached hydrogens (tertiary/aromatic N) is 1. The minimum Gasteiger partial charge on any atom is -0.352 e. The molecular formula is C26H32FN3O3. The summed E-state index contributed by atoms with van der Waals surface area (Å²) < 4.78 is 13.2. The molecule has 2 aromatic carbocycles. The van der Waals surface area contributed by atoms with Crippen LogP contribution in [0.2, 0.25) is 0 Å². The molecule has 1 aliphatic heterocycles. The molecule has 0 aromatic heterocycles. The maximum atomic E-state index is 13.2. The van der Waals surface area contributed by atoms with Gasteiger partial charge in [0.05, 0.1) is 0 Å². The average molecular weight is 454 g/mol. The third kappa shape index (κ3) is 6.40. The van der Waals surface area contributed by atoms with Crippen molar-refractivity contribution in [2.24, 2.45) is 5.92 Å². The van der Waals surface area contributed by atoms with Crippen LogP contribution >= 0.6 is 0 Å². The van der Waals surface area contributed by atoms with Crippen molar-refractivity contribution in [3.63, 3.8) is 0 Å². The summed E-state index contributed by atoms with van der Waals surface area (Å²) in [7, 11) is 0. The Morgan fingerprint density at radius 1 is 0.970 bits per heavy atom. The van der Waals surface area contributed by atoms with Gasteiger partial charge in [-0.25, -0.2) is 4.39 Å². The van der Waals surface area contributed by atoms with Crippen molar-refractivity contribution in [2.75, 3.05) is 13.1 Å². The third-order valence-electron chi connectivity index (χ3n) is 6.27. The van der Waals surface area contributed by atoms with Crippen molar-refractivity contribution in [1.29, 1.82) is 0 Å². The van der Waals surface area contributed by atoms with E-state index in [2.05, 4.69) is 10.6 Å². The first kappa shape index (κ1) is 24.4. The van der Waals surface area contributed by atoms with Gasteiger partial charge in [-0.1, -0.05) is 24.6 Å². The number of likely N-dealkylation sites (tertiary alicyclic amines) is 1.